The van der Waals surface area contributed by atoms with Crippen molar-refractivity contribution < 1.29 is 18.7 Å². The molecule has 7 nitrogen and oxygen atoms in total. The molecular weight excluding hydrogens is 394 g/mol. The second-order valence-electron chi connectivity index (χ2n) is 6.59. The predicted octanol–water partition coefficient (Wildman–Crippen LogP) is 4.76. The summed E-state index contributed by atoms with van der Waals surface area (Å²) in [5.74, 6) is 0.406. The van der Waals surface area contributed by atoms with Gasteiger partial charge in [-0.1, -0.05) is 30.3 Å². The fourth-order valence-corrected chi connectivity index (χ4v) is 3.21. The first-order valence-electron chi connectivity index (χ1n) is 9.65. The molecule has 154 valence electrons. The lowest BCUT2D eigenvalue weighted by molar-refractivity contribution is -0.137. The minimum absolute atomic E-state index is 0.121. The van der Waals surface area contributed by atoms with E-state index in [2.05, 4.69) is 5.10 Å². The Kier molecular flexibility index (Phi) is 5.54. The highest BCUT2D eigenvalue weighted by molar-refractivity contribution is 5.99. The molecule has 2 aromatic heterocycles. The SMILES string of the molecule is CCOC(=O)C(C#N)=Cc1cn(-c2ccccc2)nc1-c1cc2cccc(OC)c2o1. The van der Waals surface area contributed by atoms with Gasteiger partial charge in [0.2, 0.25) is 0 Å². The second-order valence-corrected chi connectivity index (χ2v) is 6.59. The van der Waals surface area contributed by atoms with Crippen LogP contribution in [0.15, 0.2) is 70.8 Å². The van der Waals surface area contributed by atoms with E-state index >= 15 is 0 Å². The molecule has 0 unspecified atom stereocenters. The molecule has 2 aromatic carbocycles. The average molecular weight is 413 g/mol. The predicted molar refractivity (Wildman–Crippen MR) is 116 cm³/mol. The monoisotopic (exact) mass is 413 g/mol. The van der Waals surface area contributed by atoms with Crippen molar-refractivity contribution >= 4 is 23.0 Å². The van der Waals surface area contributed by atoms with Crippen LogP contribution in [0.25, 0.3) is 34.2 Å². The average Bonchev–Trinajstić information content (AvgIpc) is 3.42. The van der Waals surface area contributed by atoms with E-state index in [-0.39, 0.29) is 12.2 Å². The Bertz CT molecular complexity index is 1310. The number of rotatable bonds is 6. The minimum Gasteiger partial charge on any atom is -0.493 e. The number of nitriles is 1. The number of furan rings is 1. The van der Waals surface area contributed by atoms with E-state index in [0.717, 1.165) is 11.1 Å². The Morgan fingerprint density at radius 1 is 1.23 bits per heavy atom. The topological polar surface area (TPSA) is 90.3 Å². The summed E-state index contributed by atoms with van der Waals surface area (Å²) in [7, 11) is 1.58. The molecule has 0 saturated carbocycles. The van der Waals surface area contributed by atoms with Crippen LogP contribution in [0.4, 0.5) is 0 Å². The van der Waals surface area contributed by atoms with Crippen LogP contribution in [0.3, 0.4) is 0 Å². The summed E-state index contributed by atoms with van der Waals surface area (Å²) >= 11 is 0. The molecule has 0 atom stereocenters. The normalized spacial score (nSPS) is 11.3. The number of carbonyl (C=O) groups excluding carboxylic acids is 1. The van der Waals surface area contributed by atoms with Crippen molar-refractivity contribution in [1.82, 2.24) is 9.78 Å². The van der Waals surface area contributed by atoms with E-state index < -0.39 is 5.97 Å². The zero-order chi connectivity index (χ0) is 21.8. The number of methoxy groups -OCH3 is 1. The molecule has 4 rings (SSSR count). The van der Waals surface area contributed by atoms with Gasteiger partial charge >= 0.3 is 5.97 Å². The van der Waals surface area contributed by atoms with Crippen molar-refractivity contribution in [2.45, 2.75) is 6.92 Å². The lowest BCUT2D eigenvalue weighted by atomic mass is 10.1. The Labute approximate surface area is 178 Å². The van der Waals surface area contributed by atoms with E-state index in [1.165, 1.54) is 6.08 Å². The van der Waals surface area contributed by atoms with Gasteiger partial charge in [-0.25, -0.2) is 9.48 Å². The molecule has 0 bridgehead atoms. The number of carbonyl (C=O) groups is 1. The van der Waals surface area contributed by atoms with Crippen LogP contribution >= 0.6 is 0 Å². The fourth-order valence-electron chi connectivity index (χ4n) is 3.21. The number of esters is 1. The summed E-state index contributed by atoms with van der Waals surface area (Å²) in [6.45, 7) is 1.87. The van der Waals surface area contributed by atoms with Gasteiger partial charge in [0.1, 0.15) is 17.3 Å². The maximum absolute atomic E-state index is 12.1. The highest BCUT2D eigenvalue weighted by Crippen LogP contribution is 2.35. The van der Waals surface area contributed by atoms with E-state index in [1.807, 2.05) is 60.7 Å². The number of fused-ring (bicyclic) bond motifs is 1. The smallest absolute Gasteiger partial charge is 0.348 e. The Balaban J connectivity index is 1.89. The number of hydrogen-bond donors (Lipinski definition) is 0. The maximum Gasteiger partial charge on any atom is 0.348 e. The van der Waals surface area contributed by atoms with E-state index in [1.54, 1.807) is 24.9 Å². The summed E-state index contributed by atoms with van der Waals surface area (Å²) in [6, 6.07) is 18.9. The molecule has 0 aliphatic heterocycles. The zero-order valence-corrected chi connectivity index (χ0v) is 17.0. The van der Waals surface area contributed by atoms with Crippen molar-refractivity contribution in [2.75, 3.05) is 13.7 Å². The van der Waals surface area contributed by atoms with Crippen molar-refractivity contribution in [3.8, 4) is 29.0 Å². The molecular formula is C24H19N3O4. The van der Waals surface area contributed by atoms with Crippen LogP contribution in [0.5, 0.6) is 5.75 Å². The molecule has 0 amide bonds. The van der Waals surface area contributed by atoms with Crippen LogP contribution in [-0.4, -0.2) is 29.5 Å². The molecule has 0 fully saturated rings. The van der Waals surface area contributed by atoms with Gasteiger partial charge < -0.3 is 13.9 Å². The summed E-state index contributed by atoms with van der Waals surface area (Å²) in [5, 5.41) is 15.0. The van der Waals surface area contributed by atoms with Gasteiger partial charge in [0.25, 0.3) is 0 Å². The molecule has 0 spiro atoms. The highest BCUT2D eigenvalue weighted by Gasteiger charge is 2.19. The van der Waals surface area contributed by atoms with Crippen LogP contribution in [0, 0.1) is 11.3 Å². The number of benzene rings is 2. The molecule has 0 N–H and O–H groups in total. The fraction of sp³-hybridized carbons (Fsp3) is 0.125. The summed E-state index contributed by atoms with van der Waals surface area (Å²) in [5.41, 5.74) is 2.33. The van der Waals surface area contributed by atoms with Gasteiger partial charge in [-0.15, -0.1) is 0 Å². The van der Waals surface area contributed by atoms with Gasteiger partial charge in [-0.05, 0) is 37.3 Å². The largest absolute Gasteiger partial charge is 0.493 e. The minimum atomic E-state index is -0.685. The third kappa shape index (κ3) is 3.91. The van der Waals surface area contributed by atoms with Crippen molar-refractivity contribution in [3.05, 3.63) is 71.9 Å². The van der Waals surface area contributed by atoms with Crippen molar-refractivity contribution in [3.63, 3.8) is 0 Å². The van der Waals surface area contributed by atoms with Crippen molar-refractivity contribution in [1.29, 1.82) is 5.26 Å². The number of hydrogen-bond acceptors (Lipinski definition) is 6. The van der Waals surface area contributed by atoms with Crippen LogP contribution in [0.1, 0.15) is 12.5 Å². The lowest BCUT2D eigenvalue weighted by Crippen LogP contribution is -2.06. The molecule has 0 radical (unpaired) electrons. The number of ether oxygens (including phenoxy) is 2. The molecule has 0 aliphatic carbocycles. The molecule has 2 heterocycles. The Hall–Kier alpha value is -4.31. The van der Waals surface area contributed by atoms with Gasteiger partial charge in [0.15, 0.2) is 17.1 Å². The summed E-state index contributed by atoms with van der Waals surface area (Å²) in [4.78, 5) is 12.1. The van der Waals surface area contributed by atoms with Gasteiger partial charge in [0, 0.05) is 17.1 Å². The zero-order valence-electron chi connectivity index (χ0n) is 17.0. The Morgan fingerprint density at radius 2 is 2.03 bits per heavy atom. The Morgan fingerprint density at radius 3 is 2.74 bits per heavy atom. The molecule has 0 saturated heterocycles. The summed E-state index contributed by atoms with van der Waals surface area (Å²) < 4.78 is 18.1. The first kappa shape index (κ1) is 20.0. The number of aromatic nitrogens is 2. The van der Waals surface area contributed by atoms with Crippen LogP contribution < -0.4 is 4.74 Å². The van der Waals surface area contributed by atoms with Gasteiger partial charge in [-0.2, -0.15) is 10.4 Å². The molecule has 7 heteroatoms. The van der Waals surface area contributed by atoms with Crippen LogP contribution in [0.2, 0.25) is 0 Å². The highest BCUT2D eigenvalue weighted by atomic mass is 16.5. The van der Waals surface area contributed by atoms with Crippen molar-refractivity contribution in [2.24, 2.45) is 0 Å². The van der Waals surface area contributed by atoms with E-state index in [9.17, 15) is 10.1 Å². The molecule has 31 heavy (non-hydrogen) atoms. The third-order valence-corrected chi connectivity index (χ3v) is 4.64. The molecule has 0 aliphatic rings. The number of nitrogens with zero attached hydrogens (tertiary/aromatic N) is 3. The first-order chi connectivity index (χ1) is 15.1. The van der Waals surface area contributed by atoms with Gasteiger partial charge in [0.05, 0.1) is 19.4 Å². The maximum atomic E-state index is 12.1. The third-order valence-electron chi connectivity index (χ3n) is 4.64. The lowest BCUT2D eigenvalue weighted by Gasteiger charge is -2.00. The number of para-hydroxylation sites is 2. The molecule has 4 aromatic rings. The summed E-state index contributed by atoms with van der Waals surface area (Å²) in [6.07, 6.45) is 3.20. The van der Waals surface area contributed by atoms with Gasteiger partial charge in [-0.3, -0.25) is 0 Å². The standard InChI is InChI=1S/C24H19N3O4/c1-3-30-24(28)17(14-25)12-18-15-27(19-9-5-4-6-10-19)26-22(18)21-13-16-8-7-11-20(29-2)23(16)31-21/h4-13,15H,3H2,1-2H3. The van der Waals surface area contributed by atoms with Crippen LogP contribution in [-0.2, 0) is 9.53 Å². The van der Waals surface area contributed by atoms with E-state index in [4.69, 9.17) is 13.9 Å². The first-order valence-corrected chi connectivity index (χ1v) is 9.65. The quantitative estimate of drug-likeness (QED) is 0.257. The van der Waals surface area contributed by atoms with E-state index in [0.29, 0.717) is 28.4 Å². The second kappa shape index (κ2) is 8.59.